The molecule has 1 aliphatic carbocycles. The summed E-state index contributed by atoms with van der Waals surface area (Å²) in [6, 6.07) is 0. The summed E-state index contributed by atoms with van der Waals surface area (Å²) >= 11 is 0. The van der Waals surface area contributed by atoms with E-state index in [9.17, 15) is 0 Å². The van der Waals surface area contributed by atoms with Crippen molar-refractivity contribution >= 4 is 0 Å². The number of rotatable bonds is 0. The van der Waals surface area contributed by atoms with E-state index in [0.29, 0.717) is 0 Å². The highest BCUT2D eigenvalue weighted by molar-refractivity contribution is 5.06. The van der Waals surface area contributed by atoms with E-state index in [0.717, 1.165) is 12.8 Å². The van der Waals surface area contributed by atoms with E-state index < -0.39 is 0 Å². The maximum Gasteiger partial charge on any atom is -0.0163 e. The minimum Gasteiger partial charge on any atom is -0.0845 e. The van der Waals surface area contributed by atoms with Crippen molar-refractivity contribution in [3.8, 4) is 0 Å². The van der Waals surface area contributed by atoms with Crippen molar-refractivity contribution < 1.29 is 0 Å². The third kappa shape index (κ3) is 6.15. The average Bonchev–Trinajstić information content (AvgIpc) is 2.18. The summed E-state index contributed by atoms with van der Waals surface area (Å²) in [5, 5.41) is 0. The van der Waals surface area contributed by atoms with E-state index in [1.54, 1.807) is 0 Å². The third-order valence-electron chi connectivity index (χ3n) is 1.96. The Bertz CT molecular complexity index is 192. The molecule has 0 saturated carbocycles. The molecule has 69 valence electrons. The van der Waals surface area contributed by atoms with E-state index in [1.165, 1.54) is 19.3 Å². The Morgan fingerprint density at radius 2 is 1.69 bits per heavy atom. The van der Waals surface area contributed by atoms with Crippen LogP contribution in [0.1, 0.15) is 32.1 Å². The minimum atomic E-state index is 1.01. The van der Waals surface area contributed by atoms with Crippen LogP contribution in [0.3, 0.4) is 0 Å². The second-order valence-corrected chi connectivity index (χ2v) is 3.15. The van der Waals surface area contributed by atoms with Crippen molar-refractivity contribution in [2.45, 2.75) is 32.1 Å². The van der Waals surface area contributed by atoms with Gasteiger partial charge in [-0.3, -0.25) is 0 Å². The van der Waals surface area contributed by atoms with Gasteiger partial charge in [0.15, 0.2) is 0 Å². The van der Waals surface area contributed by atoms with Crippen LogP contribution in [-0.4, -0.2) is 0 Å². The summed E-state index contributed by atoms with van der Waals surface area (Å²) in [7, 11) is 0. The molecule has 1 radical (unpaired) electrons. The van der Waals surface area contributed by atoms with Gasteiger partial charge in [0.2, 0.25) is 0 Å². The summed E-state index contributed by atoms with van der Waals surface area (Å²) in [5.41, 5.74) is 0. The maximum atomic E-state index is 3.16. The lowest BCUT2D eigenvalue weighted by Crippen LogP contribution is -1.71. The van der Waals surface area contributed by atoms with Crippen molar-refractivity contribution in [2.24, 2.45) is 0 Å². The summed E-state index contributed by atoms with van der Waals surface area (Å²) in [6.07, 6.45) is 24.0. The zero-order valence-electron chi connectivity index (χ0n) is 8.08. The molecule has 1 aliphatic rings. The van der Waals surface area contributed by atoms with Gasteiger partial charge >= 0.3 is 0 Å². The highest BCUT2D eigenvalue weighted by Crippen LogP contribution is 2.02. The van der Waals surface area contributed by atoms with Crippen molar-refractivity contribution in [1.29, 1.82) is 0 Å². The first-order valence-electron chi connectivity index (χ1n) is 5.04. The second-order valence-electron chi connectivity index (χ2n) is 3.15. The van der Waals surface area contributed by atoms with Gasteiger partial charge in [0.25, 0.3) is 0 Å². The van der Waals surface area contributed by atoms with E-state index in [-0.39, 0.29) is 0 Å². The molecular formula is C13H17. The van der Waals surface area contributed by atoms with E-state index in [1.807, 2.05) is 6.08 Å². The van der Waals surface area contributed by atoms with E-state index in [4.69, 9.17) is 0 Å². The first-order valence-corrected chi connectivity index (χ1v) is 5.04. The fourth-order valence-electron chi connectivity index (χ4n) is 1.21. The fourth-order valence-corrected chi connectivity index (χ4v) is 1.21. The molecule has 0 N–H and O–H groups in total. The molecule has 0 nitrogen and oxygen atoms in total. The average molecular weight is 173 g/mol. The Hall–Kier alpha value is -1.04. The first kappa shape index (κ1) is 10.0. The van der Waals surface area contributed by atoms with E-state index in [2.05, 4.69) is 42.5 Å². The van der Waals surface area contributed by atoms with Gasteiger partial charge in [-0.1, -0.05) is 42.5 Å². The van der Waals surface area contributed by atoms with Crippen molar-refractivity contribution in [3.63, 3.8) is 0 Å². The molecule has 0 aromatic rings. The fraction of sp³-hybridized carbons (Fsp3) is 0.385. The molecule has 0 aromatic heterocycles. The quantitative estimate of drug-likeness (QED) is 0.520. The van der Waals surface area contributed by atoms with Crippen LogP contribution in [-0.2, 0) is 0 Å². The van der Waals surface area contributed by atoms with Gasteiger partial charge in [0.05, 0.1) is 0 Å². The van der Waals surface area contributed by atoms with Crippen LogP contribution < -0.4 is 0 Å². The maximum absolute atomic E-state index is 3.16. The zero-order valence-corrected chi connectivity index (χ0v) is 8.08. The predicted molar refractivity (Wildman–Crippen MR) is 58.3 cm³/mol. The number of hydrogen-bond acceptors (Lipinski definition) is 0. The number of allylic oxidation sites excluding steroid dienone is 8. The third-order valence-corrected chi connectivity index (χ3v) is 1.96. The standard InChI is InChI=1S/C13H17/c1-2-4-6-8-10-12-13-11-9-7-5-3-1/h1-4,7,9,13H,5-6,8,10,12H2. The zero-order chi connectivity index (χ0) is 9.19. The molecular weight excluding hydrogens is 156 g/mol. The van der Waals surface area contributed by atoms with Gasteiger partial charge in [-0.05, 0) is 38.2 Å². The van der Waals surface area contributed by atoms with E-state index >= 15 is 0 Å². The van der Waals surface area contributed by atoms with Crippen LogP contribution >= 0.6 is 0 Å². The van der Waals surface area contributed by atoms with Crippen LogP contribution in [0.5, 0.6) is 0 Å². The lowest BCUT2D eigenvalue weighted by molar-refractivity contribution is 0.761. The van der Waals surface area contributed by atoms with Gasteiger partial charge in [-0.15, -0.1) is 0 Å². The van der Waals surface area contributed by atoms with Crippen LogP contribution in [0.2, 0.25) is 0 Å². The largest absolute Gasteiger partial charge is 0.0845 e. The van der Waals surface area contributed by atoms with Crippen LogP contribution in [0.25, 0.3) is 0 Å². The summed E-state index contributed by atoms with van der Waals surface area (Å²) in [5.74, 6) is 0. The van der Waals surface area contributed by atoms with Gasteiger partial charge in [0, 0.05) is 0 Å². The predicted octanol–water partition coefficient (Wildman–Crippen LogP) is 3.98. The summed E-state index contributed by atoms with van der Waals surface area (Å²) < 4.78 is 0. The molecule has 13 heavy (non-hydrogen) atoms. The van der Waals surface area contributed by atoms with Gasteiger partial charge in [-0.2, -0.15) is 0 Å². The molecule has 0 fully saturated rings. The van der Waals surface area contributed by atoms with Crippen LogP contribution in [0, 0.1) is 6.08 Å². The van der Waals surface area contributed by atoms with Gasteiger partial charge in [0.1, 0.15) is 0 Å². The first-order chi connectivity index (χ1) is 6.50. The molecule has 0 spiro atoms. The number of hydrogen-bond donors (Lipinski definition) is 0. The highest BCUT2D eigenvalue weighted by Gasteiger charge is 1.83. The molecule has 1 rings (SSSR count). The topological polar surface area (TPSA) is 0 Å². The Kier molecular flexibility index (Phi) is 5.87. The molecule has 0 aliphatic heterocycles. The molecule has 0 aromatic carbocycles. The Morgan fingerprint density at radius 1 is 0.846 bits per heavy atom. The molecule has 0 saturated heterocycles. The lowest BCUT2D eigenvalue weighted by Gasteiger charge is -1.91. The van der Waals surface area contributed by atoms with Crippen molar-refractivity contribution in [3.05, 3.63) is 48.6 Å². The molecule has 0 unspecified atom stereocenters. The molecule has 0 heterocycles. The van der Waals surface area contributed by atoms with Crippen LogP contribution in [0.15, 0.2) is 42.5 Å². The Balaban J connectivity index is 2.38. The molecule has 0 amide bonds. The van der Waals surface area contributed by atoms with Gasteiger partial charge < -0.3 is 0 Å². The molecule has 0 atom stereocenters. The van der Waals surface area contributed by atoms with Crippen molar-refractivity contribution in [2.75, 3.05) is 0 Å². The second kappa shape index (κ2) is 7.60. The monoisotopic (exact) mass is 173 g/mol. The summed E-state index contributed by atoms with van der Waals surface area (Å²) in [6.45, 7) is 0. The molecule has 0 heteroatoms. The summed E-state index contributed by atoms with van der Waals surface area (Å²) in [4.78, 5) is 0. The van der Waals surface area contributed by atoms with Crippen LogP contribution in [0.4, 0.5) is 0 Å². The minimum absolute atomic E-state index is 1.01. The lowest BCUT2D eigenvalue weighted by atomic mass is 10.2. The Morgan fingerprint density at radius 3 is 2.69 bits per heavy atom. The van der Waals surface area contributed by atoms with Gasteiger partial charge in [-0.25, -0.2) is 0 Å². The Labute approximate surface area is 81.4 Å². The van der Waals surface area contributed by atoms with Crippen molar-refractivity contribution in [1.82, 2.24) is 0 Å². The SMILES string of the molecule is [C]1=CCCCCC=CC=CCC=C1. The highest BCUT2D eigenvalue weighted by atomic mass is 13.9. The molecule has 0 bridgehead atoms. The smallest absolute Gasteiger partial charge is 0.0163 e. The normalized spacial score (nSPS) is 19.1.